The minimum atomic E-state index is -0.640. The summed E-state index contributed by atoms with van der Waals surface area (Å²) in [5.41, 5.74) is -0.169. The fourth-order valence-electron chi connectivity index (χ4n) is 2.28. The molecule has 1 aromatic carbocycles. The maximum Gasteiger partial charge on any atom is 0.225 e. The second kappa shape index (κ2) is 5.67. The number of nitrogens with one attached hydrogen (secondary N) is 1. The molecule has 0 bridgehead atoms. The summed E-state index contributed by atoms with van der Waals surface area (Å²) in [6, 6.07) is 5.84. The predicted molar refractivity (Wildman–Crippen MR) is 71.3 cm³/mol. The van der Waals surface area contributed by atoms with Gasteiger partial charge in [0.15, 0.2) is 0 Å². The Morgan fingerprint density at radius 2 is 2.37 bits per heavy atom. The lowest BCUT2D eigenvalue weighted by atomic mass is 10.1. The molecule has 5 heteroatoms. The van der Waals surface area contributed by atoms with Crippen LogP contribution in [0.2, 0.25) is 0 Å². The lowest BCUT2D eigenvalue weighted by Crippen LogP contribution is -2.31. The number of carbonyl (C=O) groups excluding carboxylic acids is 1. The highest BCUT2D eigenvalue weighted by Crippen LogP contribution is 2.20. The van der Waals surface area contributed by atoms with Crippen LogP contribution in [0.15, 0.2) is 24.3 Å². The molecule has 1 unspecified atom stereocenters. The summed E-state index contributed by atoms with van der Waals surface area (Å²) < 4.78 is 12.9. The van der Waals surface area contributed by atoms with E-state index >= 15 is 0 Å². The van der Waals surface area contributed by atoms with E-state index in [1.54, 1.807) is 19.1 Å². The number of carbonyl (C=O) groups is 1. The third-order valence-corrected chi connectivity index (χ3v) is 3.29. The van der Waals surface area contributed by atoms with Gasteiger partial charge in [0.1, 0.15) is 5.82 Å². The van der Waals surface area contributed by atoms with Crippen LogP contribution in [0.5, 0.6) is 0 Å². The minimum absolute atomic E-state index is 0.142. The summed E-state index contributed by atoms with van der Waals surface area (Å²) in [7, 11) is 0. The number of amides is 1. The molecule has 1 aromatic rings. The highest BCUT2D eigenvalue weighted by Gasteiger charge is 2.30. The highest BCUT2D eigenvalue weighted by atomic mass is 19.1. The lowest BCUT2D eigenvalue weighted by Gasteiger charge is -2.18. The van der Waals surface area contributed by atoms with Gasteiger partial charge in [-0.2, -0.15) is 0 Å². The summed E-state index contributed by atoms with van der Waals surface area (Å²) in [4.78, 5) is 13.8. The van der Waals surface area contributed by atoms with E-state index in [0.29, 0.717) is 25.2 Å². The summed E-state index contributed by atoms with van der Waals surface area (Å²) >= 11 is 0. The average molecular weight is 266 g/mol. The van der Waals surface area contributed by atoms with Gasteiger partial charge in [0.05, 0.1) is 5.60 Å². The number of halogens is 1. The molecule has 2 N–H and O–H groups in total. The summed E-state index contributed by atoms with van der Waals surface area (Å²) in [5, 5.41) is 12.5. The van der Waals surface area contributed by atoms with Gasteiger partial charge in [-0.05, 0) is 31.5 Å². The minimum Gasteiger partial charge on any atom is -0.389 e. The highest BCUT2D eigenvalue weighted by molar-refractivity contribution is 5.90. The lowest BCUT2D eigenvalue weighted by molar-refractivity contribution is -0.116. The smallest absolute Gasteiger partial charge is 0.225 e. The first-order valence-electron chi connectivity index (χ1n) is 6.45. The molecule has 4 nitrogen and oxygen atoms in total. The molecule has 1 amide bonds. The molecule has 0 aromatic heterocycles. The first-order valence-corrected chi connectivity index (χ1v) is 6.45. The Bertz CT molecular complexity index is 463. The van der Waals surface area contributed by atoms with Crippen molar-refractivity contribution < 1.29 is 14.3 Å². The van der Waals surface area contributed by atoms with Crippen LogP contribution in [0.25, 0.3) is 0 Å². The van der Waals surface area contributed by atoms with Crippen LogP contribution in [0.4, 0.5) is 10.1 Å². The molecule has 0 spiro atoms. The second-order valence-electron chi connectivity index (χ2n) is 5.33. The van der Waals surface area contributed by atoms with Crippen molar-refractivity contribution in [2.75, 3.05) is 25.0 Å². The second-order valence-corrected chi connectivity index (χ2v) is 5.33. The van der Waals surface area contributed by atoms with Gasteiger partial charge in [0.2, 0.25) is 5.91 Å². The van der Waals surface area contributed by atoms with Crippen molar-refractivity contribution in [3.05, 3.63) is 30.1 Å². The molecule has 1 fully saturated rings. The van der Waals surface area contributed by atoms with Crippen molar-refractivity contribution in [3.63, 3.8) is 0 Å². The van der Waals surface area contributed by atoms with Gasteiger partial charge >= 0.3 is 0 Å². The van der Waals surface area contributed by atoms with E-state index in [4.69, 9.17) is 0 Å². The first kappa shape index (κ1) is 14.0. The van der Waals surface area contributed by atoms with Crippen LogP contribution in [0.3, 0.4) is 0 Å². The predicted octanol–water partition coefficient (Wildman–Crippen LogP) is 1.61. The Hall–Kier alpha value is -1.46. The third kappa shape index (κ3) is 4.29. The van der Waals surface area contributed by atoms with Gasteiger partial charge in [-0.15, -0.1) is 0 Å². The largest absolute Gasteiger partial charge is 0.389 e. The molecule has 1 atom stereocenters. The number of hydrogen-bond acceptors (Lipinski definition) is 3. The SMILES string of the molecule is CC1(O)CCN(CCC(=O)Nc2cccc(F)c2)C1. The van der Waals surface area contributed by atoms with Crippen LogP contribution < -0.4 is 5.32 Å². The molecule has 1 saturated heterocycles. The maximum atomic E-state index is 12.9. The molecule has 0 saturated carbocycles. The van der Waals surface area contributed by atoms with Gasteiger partial charge in [0.25, 0.3) is 0 Å². The number of rotatable bonds is 4. The number of benzene rings is 1. The molecular formula is C14H19FN2O2. The number of nitrogens with zero attached hydrogens (tertiary/aromatic N) is 1. The molecule has 1 aliphatic rings. The van der Waals surface area contributed by atoms with E-state index < -0.39 is 5.60 Å². The molecule has 104 valence electrons. The number of β-amino-alcohol motifs (C(OH)–C–C–N with tert-alkyl or cyclic N) is 1. The van der Waals surface area contributed by atoms with Crippen LogP contribution in [-0.2, 0) is 4.79 Å². The van der Waals surface area contributed by atoms with Crippen molar-refractivity contribution in [3.8, 4) is 0 Å². The van der Waals surface area contributed by atoms with E-state index in [1.807, 2.05) is 0 Å². The number of hydrogen-bond donors (Lipinski definition) is 2. The molecule has 1 aliphatic heterocycles. The molecule has 2 rings (SSSR count). The summed E-state index contributed by atoms with van der Waals surface area (Å²) in [6.45, 7) is 3.82. The van der Waals surface area contributed by atoms with E-state index in [0.717, 1.165) is 13.0 Å². The Balaban J connectivity index is 1.76. The molecule has 19 heavy (non-hydrogen) atoms. The zero-order valence-corrected chi connectivity index (χ0v) is 11.0. The van der Waals surface area contributed by atoms with Crippen LogP contribution in [-0.4, -0.2) is 41.1 Å². The van der Waals surface area contributed by atoms with Gasteiger partial charge in [-0.3, -0.25) is 9.69 Å². The van der Waals surface area contributed by atoms with Gasteiger partial charge < -0.3 is 10.4 Å². The van der Waals surface area contributed by atoms with Gasteiger partial charge in [0, 0.05) is 31.7 Å². The Kier molecular flexibility index (Phi) is 4.17. The van der Waals surface area contributed by atoms with Gasteiger partial charge in [-0.25, -0.2) is 4.39 Å². The first-order chi connectivity index (χ1) is 8.94. The van der Waals surface area contributed by atoms with Gasteiger partial charge in [-0.1, -0.05) is 6.07 Å². The summed E-state index contributed by atoms with van der Waals surface area (Å²) in [6.07, 6.45) is 1.07. The number of likely N-dealkylation sites (tertiary alicyclic amines) is 1. The third-order valence-electron chi connectivity index (χ3n) is 3.29. The van der Waals surface area contributed by atoms with Crippen molar-refractivity contribution in [1.82, 2.24) is 4.90 Å². The standard InChI is InChI=1S/C14H19FN2O2/c1-14(19)6-8-17(10-14)7-5-13(18)16-12-4-2-3-11(15)9-12/h2-4,9,19H,5-8,10H2,1H3,(H,16,18). The monoisotopic (exact) mass is 266 g/mol. The van der Waals surface area contributed by atoms with Crippen molar-refractivity contribution >= 4 is 11.6 Å². The zero-order chi connectivity index (χ0) is 13.9. The normalized spacial score (nSPS) is 23.5. The van der Waals surface area contributed by atoms with Crippen LogP contribution >= 0.6 is 0 Å². The Morgan fingerprint density at radius 3 is 3.00 bits per heavy atom. The quantitative estimate of drug-likeness (QED) is 0.870. The number of aliphatic hydroxyl groups is 1. The van der Waals surface area contributed by atoms with E-state index in [9.17, 15) is 14.3 Å². The number of anilines is 1. The Labute approximate surface area is 112 Å². The zero-order valence-electron chi connectivity index (χ0n) is 11.0. The summed E-state index contributed by atoms with van der Waals surface area (Å²) in [5.74, 6) is -0.509. The van der Waals surface area contributed by atoms with Crippen molar-refractivity contribution in [2.24, 2.45) is 0 Å². The van der Waals surface area contributed by atoms with Crippen LogP contribution in [0, 0.1) is 5.82 Å². The van der Waals surface area contributed by atoms with E-state index in [-0.39, 0.29) is 11.7 Å². The van der Waals surface area contributed by atoms with Crippen molar-refractivity contribution in [1.29, 1.82) is 0 Å². The molecular weight excluding hydrogens is 247 g/mol. The maximum absolute atomic E-state index is 12.9. The fourth-order valence-corrected chi connectivity index (χ4v) is 2.28. The fraction of sp³-hybridized carbons (Fsp3) is 0.500. The van der Waals surface area contributed by atoms with E-state index in [1.165, 1.54) is 12.1 Å². The molecule has 0 radical (unpaired) electrons. The molecule has 0 aliphatic carbocycles. The average Bonchev–Trinajstić information content (AvgIpc) is 2.66. The van der Waals surface area contributed by atoms with Crippen LogP contribution in [0.1, 0.15) is 19.8 Å². The van der Waals surface area contributed by atoms with E-state index in [2.05, 4.69) is 10.2 Å². The van der Waals surface area contributed by atoms with Crippen molar-refractivity contribution in [2.45, 2.75) is 25.4 Å². The molecule has 1 heterocycles. The Morgan fingerprint density at radius 1 is 1.58 bits per heavy atom. The topological polar surface area (TPSA) is 52.6 Å².